The molecule has 0 heteroatoms. The highest BCUT2D eigenvalue weighted by molar-refractivity contribution is 5.72. The van der Waals surface area contributed by atoms with E-state index in [9.17, 15) is 0 Å². The molecule has 0 aliphatic heterocycles. The monoisotopic (exact) mass is 258 g/mol. The van der Waals surface area contributed by atoms with Crippen molar-refractivity contribution < 1.29 is 0 Å². The van der Waals surface area contributed by atoms with Gasteiger partial charge in [0.2, 0.25) is 0 Å². The molecule has 0 nitrogen and oxygen atoms in total. The van der Waals surface area contributed by atoms with Gasteiger partial charge in [0.1, 0.15) is 0 Å². The third kappa shape index (κ3) is 3.24. The lowest BCUT2D eigenvalue weighted by molar-refractivity contribution is 1.59. The molecule has 0 saturated carbocycles. The summed E-state index contributed by atoms with van der Waals surface area (Å²) in [5.41, 5.74) is 5.04. The van der Waals surface area contributed by atoms with Gasteiger partial charge in [0.05, 0.1) is 0 Å². The minimum atomic E-state index is 1.26. The fourth-order valence-electron chi connectivity index (χ4n) is 2.14. The molecule has 0 saturated heterocycles. The lowest BCUT2D eigenvalue weighted by atomic mass is 9.99. The van der Waals surface area contributed by atoms with E-state index in [-0.39, 0.29) is 0 Å². The zero-order valence-electron chi connectivity index (χ0n) is 11.5. The number of hydrogen-bond acceptors (Lipinski definition) is 0. The van der Waals surface area contributed by atoms with Crippen LogP contribution in [0.1, 0.15) is 0 Å². The van der Waals surface area contributed by atoms with E-state index in [1.165, 1.54) is 22.3 Å². The van der Waals surface area contributed by atoms with Crippen molar-refractivity contribution in [3.05, 3.63) is 98.1 Å². The summed E-state index contributed by atoms with van der Waals surface area (Å²) in [7, 11) is 0. The maximum Gasteiger partial charge on any atom is -0.0178 e. The van der Waals surface area contributed by atoms with Gasteiger partial charge in [0, 0.05) is 0 Å². The summed E-state index contributed by atoms with van der Waals surface area (Å²) in [6.07, 6.45) is 0. The van der Waals surface area contributed by atoms with Gasteiger partial charge in [-0.1, -0.05) is 78.9 Å². The highest BCUT2D eigenvalue weighted by Crippen LogP contribution is 2.25. The first-order valence-electron chi connectivity index (χ1n) is 6.64. The summed E-state index contributed by atoms with van der Waals surface area (Å²) in [5, 5.41) is 0. The van der Waals surface area contributed by atoms with Crippen LogP contribution in [0.15, 0.2) is 98.1 Å². The number of rotatable bonds is 2. The van der Waals surface area contributed by atoms with E-state index in [0.717, 1.165) is 0 Å². The third-order valence-corrected chi connectivity index (χ3v) is 3.08. The molecule has 3 rings (SSSR count). The average molecular weight is 258 g/mol. The molecule has 0 amide bonds. The van der Waals surface area contributed by atoms with Crippen molar-refractivity contribution in [2.24, 2.45) is 0 Å². The summed E-state index contributed by atoms with van der Waals surface area (Å²) in [6, 6.07) is 29.6. The minimum Gasteiger partial charge on any atom is -0.106 e. The molecule has 20 heavy (non-hydrogen) atoms. The van der Waals surface area contributed by atoms with E-state index in [0.29, 0.717) is 0 Å². The molecule has 0 radical (unpaired) electrons. The molecule has 3 aromatic carbocycles. The number of benzene rings is 3. The van der Waals surface area contributed by atoms with Crippen LogP contribution in [0.3, 0.4) is 0 Å². The van der Waals surface area contributed by atoms with E-state index < -0.39 is 0 Å². The van der Waals surface area contributed by atoms with Gasteiger partial charge in [-0.05, 0) is 28.3 Å². The van der Waals surface area contributed by atoms with Crippen molar-refractivity contribution in [2.75, 3.05) is 0 Å². The molecular weight excluding hydrogens is 240 g/mol. The van der Waals surface area contributed by atoms with Crippen LogP contribution in [-0.4, -0.2) is 0 Å². The molecule has 0 atom stereocenters. The first-order valence-corrected chi connectivity index (χ1v) is 6.64. The smallest absolute Gasteiger partial charge is 0.0178 e. The molecule has 0 aromatic heterocycles. The van der Waals surface area contributed by atoms with Crippen molar-refractivity contribution in [1.82, 2.24) is 0 Å². The van der Waals surface area contributed by atoms with Crippen molar-refractivity contribution in [3.63, 3.8) is 0 Å². The maximum atomic E-state index is 3.00. The molecule has 0 bridgehead atoms. The molecule has 0 N–H and O–H groups in total. The van der Waals surface area contributed by atoms with Gasteiger partial charge in [-0.25, -0.2) is 0 Å². The highest BCUT2D eigenvalue weighted by Gasteiger charge is 2.00. The predicted octanol–water partition coefficient (Wildman–Crippen LogP) is 5.82. The van der Waals surface area contributed by atoms with Crippen LogP contribution in [-0.2, 0) is 0 Å². The Bertz CT molecular complexity index is 584. The van der Waals surface area contributed by atoms with Crippen LogP contribution in [0, 0.1) is 0 Å². The molecular formula is C20H18. The van der Waals surface area contributed by atoms with E-state index >= 15 is 0 Å². The first-order chi connectivity index (χ1) is 9.93. The second kappa shape index (κ2) is 7.10. The Kier molecular flexibility index (Phi) is 4.91. The zero-order valence-corrected chi connectivity index (χ0v) is 11.5. The van der Waals surface area contributed by atoms with Crippen molar-refractivity contribution in [2.45, 2.75) is 0 Å². The van der Waals surface area contributed by atoms with Crippen LogP contribution in [0.25, 0.3) is 22.3 Å². The van der Waals surface area contributed by atoms with Gasteiger partial charge in [-0.3, -0.25) is 0 Å². The van der Waals surface area contributed by atoms with Gasteiger partial charge in [-0.15, -0.1) is 13.2 Å². The van der Waals surface area contributed by atoms with E-state index in [4.69, 9.17) is 0 Å². The summed E-state index contributed by atoms with van der Waals surface area (Å²) in [4.78, 5) is 0. The summed E-state index contributed by atoms with van der Waals surface area (Å²) in [6.45, 7) is 6.00. The fraction of sp³-hybridized carbons (Fsp3) is 0. The minimum absolute atomic E-state index is 1.26. The van der Waals surface area contributed by atoms with E-state index in [1.807, 2.05) is 12.1 Å². The van der Waals surface area contributed by atoms with Crippen LogP contribution >= 0.6 is 0 Å². The van der Waals surface area contributed by atoms with Gasteiger partial charge in [-0.2, -0.15) is 0 Å². The molecule has 3 aromatic rings. The third-order valence-electron chi connectivity index (χ3n) is 3.08. The Labute approximate surface area is 121 Å². The Balaban J connectivity index is 0.000000704. The normalized spacial score (nSPS) is 9.40. The summed E-state index contributed by atoms with van der Waals surface area (Å²) >= 11 is 0. The molecule has 0 aliphatic carbocycles. The second-order valence-electron chi connectivity index (χ2n) is 4.31. The first kappa shape index (κ1) is 13.8. The predicted molar refractivity (Wildman–Crippen MR) is 88.6 cm³/mol. The zero-order chi connectivity index (χ0) is 14.2. The Morgan fingerprint density at radius 1 is 0.400 bits per heavy atom. The number of hydrogen-bond donors (Lipinski definition) is 0. The Morgan fingerprint density at radius 3 is 1.15 bits per heavy atom. The van der Waals surface area contributed by atoms with Crippen molar-refractivity contribution >= 4 is 0 Å². The van der Waals surface area contributed by atoms with Gasteiger partial charge in [0.15, 0.2) is 0 Å². The molecule has 98 valence electrons. The van der Waals surface area contributed by atoms with Gasteiger partial charge >= 0.3 is 0 Å². The molecule has 0 spiro atoms. The Hall–Kier alpha value is -2.60. The SMILES string of the molecule is C=C.c1ccc(-c2cccc(-c3ccccc3)c2)cc1. The fourth-order valence-corrected chi connectivity index (χ4v) is 2.14. The van der Waals surface area contributed by atoms with Crippen LogP contribution in [0.5, 0.6) is 0 Å². The van der Waals surface area contributed by atoms with Crippen LogP contribution < -0.4 is 0 Å². The largest absolute Gasteiger partial charge is 0.106 e. The molecule has 0 heterocycles. The standard InChI is InChI=1S/C18H14.C2H4/c1-3-8-15(9-4-1)17-12-7-13-18(14-17)16-10-5-2-6-11-16;1-2/h1-14H;1-2H2. The van der Waals surface area contributed by atoms with Crippen LogP contribution in [0.4, 0.5) is 0 Å². The van der Waals surface area contributed by atoms with E-state index in [2.05, 4.69) is 86.0 Å². The van der Waals surface area contributed by atoms with Crippen molar-refractivity contribution in [3.8, 4) is 22.3 Å². The van der Waals surface area contributed by atoms with Gasteiger partial charge in [0.25, 0.3) is 0 Å². The van der Waals surface area contributed by atoms with Crippen LogP contribution in [0.2, 0.25) is 0 Å². The summed E-state index contributed by atoms with van der Waals surface area (Å²) in [5.74, 6) is 0. The maximum absolute atomic E-state index is 3.00. The second-order valence-corrected chi connectivity index (χ2v) is 4.31. The quantitative estimate of drug-likeness (QED) is 0.508. The molecule has 0 aliphatic rings. The lowest BCUT2D eigenvalue weighted by Crippen LogP contribution is -1.80. The van der Waals surface area contributed by atoms with Crippen molar-refractivity contribution in [1.29, 1.82) is 0 Å². The molecule has 0 unspecified atom stereocenters. The Morgan fingerprint density at radius 2 is 0.750 bits per heavy atom. The lowest BCUT2D eigenvalue weighted by Gasteiger charge is -2.05. The highest BCUT2D eigenvalue weighted by atomic mass is 14.0. The summed E-state index contributed by atoms with van der Waals surface area (Å²) < 4.78 is 0. The molecule has 0 fully saturated rings. The average Bonchev–Trinajstić information content (AvgIpc) is 2.58. The van der Waals surface area contributed by atoms with Gasteiger partial charge < -0.3 is 0 Å². The van der Waals surface area contributed by atoms with E-state index in [1.54, 1.807) is 0 Å². The topological polar surface area (TPSA) is 0 Å².